The summed E-state index contributed by atoms with van der Waals surface area (Å²) in [5.41, 5.74) is 7.14. The molecule has 0 saturated heterocycles. The van der Waals surface area contributed by atoms with Crippen molar-refractivity contribution >= 4 is 11.4 Å². The van der Waals surface area contributed by atoms with Gasteiger partial charge < -0.3 is 20.9 Å². The molecule has 1 aromatic heterocycles. The third-order valence-corrected chi connectivity index (χ3v) is 2.00. The third-order valence-electron chi connectivity index (χ3n) is 2.00. The maximum atomic E-state index is 9.39. The van der Waals surface area contributed by atoms with Crippen molar-refractivity contribution in [2.45, 2.75) is 12.5 Å². The normalized spacial score (nSPS) is 12.4. The standard InChI is InChI=1S/C10H17N3O2/c1-15-7-8(14)2-5-13-10-3-4-12-6-9(10)11/h3-4,6,8,14H,2,5,7,11H2,1H3,(H,12,13). The van der Waals surface area contributed by atoms with Crippen molar-refractivity contribution in [3.63, 3.8) is 0 Å². The highest BCUT2D eigenvalue weighted by molar-refractivity contribution is 5.64. The number of methoxy groups -OCH3 is 1. The second-order valence-electron chi connectivity index (χ2n) is 3.29. The Morgan fingerprint density at radius 2 is 2.47 bits per heavy atom. The Kier molecular flexibility index (Phi) is 4.86. The SMILES string of the molecule is COCC(O)CCNc1ccncc1N. The number of aliphatic hydroxyl groups excluding tert-OH is 1. The molecule has 0 aromatic carbocycles. The summed E-state index contributed by atoms with van der Waals surface area (Å²) in [6, 6.07) is 1.80. The lowest BCUT2D eigenvalue weighted by Crippen LogP contribution is -2.18. The van der Waals surface area contributed by atoms with E-state index in [2.05, 4.69) is 10.3 Å². The van der Waals surface area contributed by atoms with Crippen LogP contribution in [0.2, 0.25) is 0 Å². The molecule has 4 N–H and O–H groups in total. The zero-order valence-corrected chi connectivity index (χ0v) is 8.81. The molecule has 5 nitrogen and oxygen atoms in total. The van der Waals surface area contributed by atoms with Crippen LogP contribution in [0.3, 0.4) is 0 Å². The topological polar surface area (TPSA) is 80.4 Å². The lowest BCUT2D eigenvalue weighted by molar-refractivity contribution is 0.0615. The van der Waals surface area contributed by atoms with Gasteiger partial charge in [0.2, 0.25) is 0 Å². The third kappa shape index (κ3) is 4.14. The van der Waals surface area contributed by atoms with Crippen LogP contribution in [0.15, 0.2) is 18.5 Å². The molecule has 0 fully saturated rings. The van der Waals surface area contributed by atoms with Crippen LogP contribution < -0.4 is 11.1 Å². The van der Waals surface area contributed by atoms with Crippen LogP contribution in [0.1, 0.15) is 6.42 Å². The summed E-state index contributed by atoms with van der Waals surface area (Å²) in [6.07, 6.45) is 3.44. The molecule has 0 aliphatic heterocycles. The Morgan fingerprint density at radius 1 is 1.67 bits per heavy atom. The first-order chi connectivity index (χ1) is 7.24. The first-order valence-electron chi connectivity index (χ1n) is 4.84. The van der Waals surface area contributed by atoms with Gasteiger partial charge in [0.1, 0.15) is 0 Å². The van der Waals surface area contributed by atoms with Gasteiger partial charge in [-0.25, -0.2) is 0 Å². The molecular formula is C10H17N3O2. The number of nitrogens with two attached hydrogens (primary N) is 1. The van der Waals surface area contributed by atoms with Crippen LogP contribution >= 0.6 is 0 Å². The molecule has 0 radical (unpaired) electrons. The van der Waals surface area contributed by atoms with Crippen molar-refractivity contribution in [2.75, 3.05) is 31.3 Å². The molecule has 1 unspecified atom stereocenters. The number of hydrogen-bond acceptors (Lipinski definition) is 5. The predicted molar refractivity (Wildman–Crippen MR) is 59.6 cm³/mol. The number of rotatable bonds is 6. The quantitative estimate of drug-likeness (QED) is 0.637. The summed E-state index contributed by atoms with van der Waals surface area (Å²) < 4.78 is 4.82. The van der Waals surface area contributed by atoms with Crippen LogP contribution in [-0.2, 0) is 4.74 Å². The van der Waals surface area contributed by atoms with E-state index in [9.17, 15) is 5.11 Å². The van der Waals surface area contributed by atoms with Crippen LogP contribution in [0.25, 0.3) is 0 Å². The minimum Gasteiger partial charge on any atom is -0.396 e. The Labute approximate surface area is 89.3 Å². The van der Waals surface area contributed by atoms with Gasteiger partial charge in [0, 0.05) is 19.9 Å². The van der Waals surface area contributed by atoms with Gasteiger partial charge in [-0.15, -0.1) is 0 Å². The van der Waals surface area contributed by atoms with Crippen molar-refractivity contribution < 1.29 is 9.84 Å². The fourth-order valence-electron chi connectivity index (χ4n) is 1.22. The van der Waals surface area contributed by atoms with Gasteiger partial charge >= 0.3 is 0 Å². The molecule has 1 aromatic rings. The Balaban J connectivity index is 2.29. The van der Waals surface area contributed by atoms with E-state index in [1.165, 1.54) is 0 Å². The number of aromatic nitrogens is 1. The van der Waals surface area contributed by atoms with Crippen LogP contribution in [0.4, 0.5) is 11.4 Å². The molecule has 0 aliphatic rings. The van der Waals surface area contributed by atoms with Crippen molar-refractivity contribution in [3.05, 3.63) is 18.5 Å². The lowest BCUT2D eigenvalue weighted by atomic mass is 10.2. The Morgan fingerprint density at radius 3 is 3.13 bits per heavy atom. The maximum Gasteiger partial charge on any atom is 0.0790 e. The second-order valence-corrected chi connectivity index (χ2v) is 3.29. The van der Waals surface area contributed by atoms with E-state index in [1.54, 1.807) is 25.6 Å². The number of hydrogen-bond donors (Lipinski definition) is 3. The first kappa shape index (κ1) is 11.7. The van der Waals surface area contributed by atoms with E-state index in [4.69, 9.17) is 10.5 Å². The zero-order chi connectivity index (χ0) is 11.1. The number of anilines is 2. The minimum absolute atomic E-state index is 0.355. The van der Waals surface area contributed by atoms with E-state index in [1.807, 2.05) is 0 Å². The summed E-state index contributed by atoms with van der Waals surface area (Å²) in [5, 5.41) is 12.5. The summed E-state index contributed by atoms with van der Waals surface area (Å²) >= 11 is 0. The molecule has 1 atom stereocenters. The van der Waals surface area contributed by atoms with Crippen molar-refractivity contribution in [3.8, 4) is 0 Å². The smallest absolute Gasteiger partial charge is 0.0790 e. The predicted octanol–water partition coefficient (Wildman–Crippen LogP) is 0.473. The fraction of sp³-hybridized carbons (Fsp3) is 0.500. The molecule has 1 heterocycles. The highest BCUT2D eigenvalue weighted by Crippen LogP contribution is 2.14. The van der Waals surface area contributed by atoms with Gasteiger partial charge in [-0.2, -0.15) is 0 Å². The van der Waals surface area contributed by atoms with Crippen LogP contribution in [0.5, 0.6) is 0 Å². The van der Waals surface area contributed by atoms with E-state index in [-0.39, 0.29) is 0 Å². The van der Waals surface area contributed by atoms with Gasteiger partial charge in [-0.3, -0.25) is 4.98 Å². The van der Waals surface area contributed by atoms with E-state index in [0.717, 1.165) is 5.69 Å². The highest BCUT2D eigenvalue weighted by atomic mass is 16.5. The monoisotopic (exact) mass is 211 g/mol. The number of nitrogens with zero attached hydrogens (tertiary/aromatic N) is 1. The molecule has 0 amide bonds. The summed E-state index contributed by atoms with van der Waals surface area (Å²) in [5.74, 6) is 0. The zero-order valence-electron chi connectivity index (χ0n) is 8.81. The fourth-order valence-corrected chi connectivity index (χ4v) is 1.22. The first-order valence-corrected chi connectivity index (χ1v) is 4.84. The van der Waals surface area contributed by atoms with Crippen molar-refractivity contribution in [2.24, 2.45) is 0 Å². The maximum absolute atomic E-state index is 9.39. The molecule has 0 aliphatic carbocycles. The minimum atomic E-state index is -0.439. The Hall–Kier alpha value is -1.33. The molecule has 15 heavy (non-hydrogen) atoms. The summed E-state index contributed by atoms with van der Waals surface area (Å²) in [6.45, 7) is 1.01. The number of aliphatic hydroxyl groups is 1. The Bertz CT molecular complexity index is 294. The number of ether oxygens (including phenoxy) is 1. The van der Waals surface area contributed by atoms with Crippen LogP contribution in [0, 0.1) is 0 Å². The number of nitrogen functional groups attached to an aromatic ring is 1. The molecule has 5 heteroatoms. The molecule has 0 spiro atoms. The molecular weight excluding hydrogens is 194 g/mol. The molecule has 0 bridgehead atoms. The largest absolute Gasteiger partial charge is 0.396 e. The average molecular weight is 211 g/mol. The summed E-state index contributed by atoms with van der Waals surface area (Å²) in [4.78, 5) is 3.88. The van der Waals surface area contributed by atoms with Gasteiger partial charge in [-0.05, 0) is 12.5 Å². The van der Waals surface area contributed by atoms with Crippen LogP contribution in [-0.4, -0.2) is 36.5 Å². The van der Waals surface area contributed by atoms with Gasteiger partial charge in [0.25, 0.3) is 0 Å². The van der Waals surface area contributed by atoms with E-state index < -0.39 is 6.10 Å². The van der Waals surface area contributed by atoms with Gasteiger partial charge in [0.05, 0.1) is 30.3 Å². The van der Waals surface area contributed by atoms with E-state index >= 15 is 0 Å². The highest BCUT2D eigenvalue weighted by Gasteiger charge is 2.03. The lowest BCUT2D eigenvalue weighted by Gasteiger charge is -2.11. The second kappa shape index (κ2) is 6.21. The molecule has 0 saturated carbocycles. The van der Waals surface area contributed by atoms with Gasteiger partial charge in [0.15, 0.2) is 0 Å². The van der Waals surface area contributed by atoms with Gasteiger partial charge in [-0.1, -0.05) is 0 Å². The van der Waals surface area contributed by atoms with Crippen molar-refractivity contribution in [1.29, 1.82) is 0 Å². The number of nitrogens with one attached hydrogen (secondary N) is 1. The molecule has 84 valence electrons. The molecule has 1 rings (SSSR count). The van der Waals surface area contributed by atoms with E-state index in [0.29, 0.717) is 25.3 Å². The van der Waals surface area contributed by atoms with Crippen molar-refractivity contribution in [1.82, 2.24) is 4.98 Å². The number of pyridine rings is 1. The average Bonchev–Trinajstić information content (AvgIpc) is 2.21. The summed E-state index contributed by atoms with van der Waals surface area (Å²) in [7, 11) is 1.57.